The van der Waals surface area contributed by atoms with Crippen molar-refractivity contribution in [2.75, 3.05) is 5.32 Å². The summed E-state index contributed by atoms with van der Waals surface area (Å²) < 4.78 is 5.12. The molecule has 6 nitrogen and oxygen atoms in total. The van der Waals surface area contributed by atoms with Gasteiger partial charge in [0.1, 0.15) is 10.7 Å². The van der Waals surface area contributed by atoms with E-state index in [0.29, 0.717) is 10.8 Å². The second kappa shape index (κ2) is 7.15. The van der Waals surface area contributed by atoms with E-state index < -0.39 is 0 Å². The summed E-state index contributed by atoms with van der Waals surface area (Å²) in [6.07, 6.45) is 3.04. The van der Waals surface area contributed by atoms with Gasteiger partial charge in [-0.05, 0) is 6.42 Å². The van der Waals surface area contributed by atoms with Crippen molar-refractivity contribution in [2.45, 2.75) is 26.2 Å². The van der Waals surface area contributed by atoms with Crippen LogP contribution in [-0.2, 0) is 6.42 Å². The Bertz CT molecular complexity index is 782. The lowest BCUT2D eigenvalue weighted by atomic mass is 10.1. The van der Waals surface area contributed by atoms with Crippen molar-refractivity contribution in [2.24, 2.45) is 0 Å². The Hall–Kier alpha value is -2.54. The van der Waals surface area contributed by atoms with E-state index in [4.69, 9.17) is 4.52 Å². The fraction of sp³-hybridized carbons (Fsp3) is 0.250. The number of amides is 1. The number of aryl methyl sites for hydroxylation is 1. The van der Waals surface area contributed by atoms with E-state index in [0.717, 1.165) is 29.8 Å². The van der Waals surface area contributed by atoms with Crippen molar-refractivity contribution < 1.29 is 9.32 Å². The lowest BCUT2D eigenvalue weighted by Gasteiger charge is -1.95. The molecule has 0 atom stereocenters. The van der Waals surface area contributed by atoms with Crippen molar-refractivity contribution in [1.82, 2.24) is 15.4 Å². The van der Waals surface area contributed by atoms with Crippen LogP contribution in [0, 0.1) is 0 Å². The first-order chi connectivity index (χ1) is 11.3. The highest BCUT2D eigenvalue weighted by molar-refractivity contribution is 7.15. The monoisotopic (exact) mass is 328 g/mol. The molecule has 0 saturated carbocycles. The third-order valence-electron chi connectivity index (χ3n) is 3.24. The summed E-state index contributed by atoms with van der Waals surface area (Å²) in [6.45, 7) is 2.12. The normalized spacial score (nSPS) is 10.7. The van der Waals surface area contributed by atoms with Crippen LogP contribution in [0.3, 0.4) is 0 Å². The van der Waals surface area contributed by atoms with E-state index >= 15 is 0 Å². The second-order valence-corrected chi connectivity index (χ2v) is 6.06. The van der Waals surface area contributed by atoms with Crippen molar-refractivity contribution in [3.8, 4) is 11.3 Å². The number of unbranched alkanes of at least 4 members (excludes halogenated alkanes) is 1. The van der Waals surface area contributed by atoms with Crippen LogP contribution in [0.2, 0.25) is 0 Å². The molecule has 1 N–H and O–H groups in total. The molecular weight excluding hydrogens is 312 g/mol. The van der Waals surface area contributed by atoms with Crippen LogP contribution in [0.25, 0.3) is 11.3 Å². The van der Waals surface area contributed by atoms with Gasteiger partial charge in [0.15, 0.2) is 0 Å². The summed E-state index contributed by atoms with van der Waals surface area (Å²) in [5, 5.41) is 16.0. The van der Waals surface area contributed by atoms with Crippen LogP contribution in [0.15, 0.2) is 40.9 Å². The molecule has 1 aromatic carbocycles. The molecule has 0 fully saturated rings. The molecule has 0 radical (unpaired) electrons. The molecule has 0 aliphatic carbocycles. The van der Waals surface area contributed by atoms with Crippen LogP contribution < -0.4 is 5.32 Å². The minimum atomic E-state index is -0.377. The predicted octanol–water partition coefficient (Wildman–Crippen LogP) is 3.79. The summed E-state index contributed by atoms with van der Waals surface area (Å²) in [4.78, 5) is 12.2. The van der Waals surface area contributed by atoms with Crippen molar-refractivity contribution in [3.63, 3.8) is 0 Å². The summed E-state index contributed by atoms with van der Waals surface area (Å²) >= 11 is 1.38. The number of hydrogen-bond donors (Lipinski definition) is 1. The topological polar surface area (TPSA) is 80.9 Å². The average Bonchev–Trinajstić information content (AvgIpc) is 3.23. The highest BCUT2D eigenvalue weighted by Crippen LogP contribution is 2.21. The SMILES string of the molecule is CCCCc1nnc(NC(=O)c2cc(-c3ccccc3)no2)s1. The zero-order valence-electron chi connectivity index (χ0n) is 12.7. The molecule has 23 heavy (non-hydrogen) atoms. The van der Waals surface area contributed by atoms with Gasteiger partial charge >= 0.3 is 0 Å². The first-order valence-electron chi connectivity index (χ1n) is 7.42. The number of anilines is 1. The fourth-order valence-corrected chi connectivity index (χ4v) is 2.80. The maximum Gasteiger partial charge on any atom is 0.296 e. The summed E-state index contributed by atoms with van der Waals surface area (Å²) in [7, 11) is 0. The smallest absolute Gasteiger partial charge is 0.296 e. The van der Waals surface area contributed by atoms with Gasteiger partial charge in [-0.2, -0.15) is 0 Å². The van der Waals surface area contributed by atoms with Gasteiger partial charge in [-0.3, -0.25) is 10.1 Å². The quantitative estimate of drug-likeness (QED) is 0.744. The Morgan fingerprint density at radius 3 is 2.87 bits per heavy atom. The van der Waals surface area contributed by atoms with Crippen LogP contribution in [0.4, 0.5) is 5.13 Å². The molecule has 2 aromatic heterocycles. The number of benzene rings is 1. The zero-order chi connectivity index (χ0) is 16.1. The van der Waals surface area contributed by atoms with Crippen LogP contribution in [0.5, 0.6) is 0 Å². The minimum absolute atomic E-state index is 0.147. The third kappa shape index (κ3) is 3.81. The van der Waals surface area contributed by atoms with Gasteiger partial charge in [0.25, 0.3) is 5.91 Å². The summed E-state index contributed by atoms with van der Waals surface area (Å²) in [5.41, 5.74) is 1.52. The van der Waals surface area contributed by atoms with Gasteiger partial charge in [-0.1, -0.05) is 60.2 Å². The maximum absolute atomic E-state index is 12.2. The lowest BCUT2D eigenvalue weighted by molar-refractivity contribution is 0.0988. The van der Waals surface area contributed by atoms with Gasteiger partial charge in [0, 0.05) is 18.1 Å². The lowest BCUT2D eigenvalue weighted by Crippen LogP contribution is -2.10. The highest BCUT2D eigenvalue weighted by Gasteiger charge is 2.16. The highest BCUT2D eigenvalue weighted by atomic mass is 32.1. The van der Waals surface area contributed by atoms with Crippen molar-refractivity contribution >= 4 is 22.4 Å². The van der Waals surface area contributed by atoms with Crippen LogP contribution in [0.1, 0.15) is 35.3 Å². The van der Waals surface area contributed by atoms with Gasteiger partial charge in [-0.25, -0.2) is 0 Å². The number of carbonyl (C=O) groups excluding carboxylic acids is 1. The molecule has 0 saturated heterocycles. The molecule has 118 valence electrons. The van der Waals surface area contributed by atoms with Gasteiger partial charge in [0.05, 0.1) is 0 Å². The van der Waals surface area contributed by atoms with Crippen LogP contribution >= 0.6 is 11.3 Å². The van der Waals surface area contributed by atoms with E-state index in [1.807, 2.05) is 30.3 Å². The molecule has 3 rings (SSSR count). The van der Waals surface area contributed by atoms with Gasteiger partial charge in [0.2, 0.25) is 10.9 Å². The molecule has 3 aromatic rings. The summed E-state index contributed by atoms with van der Waals surface area (Å²) in [5.74, 6) is -0.230. The van der Waals surface area contributed by atoms with Gasteiger partial charge in [-0.15, -0.1) is 10.2 Å². The predicted molar refractivity (Wildman–Crippen MR) is 88.4 cm³/mol. The molecule has 1 amide bonds. The molecule has 0 spiro atoms. The fourth-order valence-electron chi connectivity index (χ4n) is 2.02. The maximum atomic E-state index is 12.2. The van der Waals surface area contributed by atoms with E-state index in [1.165, 1.54) is 11.3 Å². The number of carbonyl (C=O) groups is 1. The molecule has 0 unspecified atom stereocenters. The molecular formula is C16H16N4O2S. The standard InChI is InChI=1S/C16H16N4O2S/c1-2-3-9-14-18-19-16(23-14)17-15(21)13-10-12(20-22-13)11-7-5-4-6-8-11/h4-8,10H,2-3,9H2,1H3,(H,17,19,21). The molecule has 2 heterocycles. The molecule has 0 aliphatic rings. The summed E-state index contributed by atoms with van der Waals surface area (Å²) in [6, 6.07) is 11.2. The molecule has 7 heteroatoms. The Balaban J connectivity index is 1.67. The first-order valence-corrected chi connectivity index (χ1v) is 8.24. The van der Waals surface area contributed by atoms with Crippen molar-refractivity contribution in [3.05, 3.63) is 47.2 Å². The Morgan fingerprint density at radius 1 is 1.26 bits per heavy atom. The number of aromatic nitrogens is 3. The van der Waals surface area contributed by atoms with Crippen LogP contribution in [-0.4, -0.2) is 21.3 Å². The Morgan fingerprint density at radius 2 is 2.09 bits per heavy atom. The second-order valence-electron chi connectivity index (χ2n) is 5.00. The van der Waals surface area contributed by atoms with E-state index in [-0.39, 0.29) is 11.7 Å². The zero-order valence-corrected chi connectivity index (χ0v) is 13.5. The van der Waals surface area contributed by atoms with Gasteiger partial charge < -0.3 is 4.52 Å². The van der Waals surface area contributed by atoms with E-state index in [1.54, 1.807) is 6.07 Å². The Labute approximate surface area is 137 Å². The minimum Gasteiger partial charge on any atom is -0.350 e. The van der Waals surface area contributed by atoms with E-state index in [9.17, 15) is 4.79 Å². The number of rotatable bonds is 6. The number of nitrogens with one attached hydrogen (secondary N) is 1. The average molecular weight is 328 g/mol. The molecule has 0 bridgehead atoms. The third-order valence-corrected chi connectivity index (χ3v) is 4.13. The molecule has 0 aliphatic heterocycles. The number of nitrogens with zero attached hydrogens (tertiary/aromatic N) is 3. The Kier molecular flexibility index (Phi) is 4.77. The van der Waals surface area contributed by atoms with E-state index in [2.05, 4.69) is 27.6 Å². The van der Waals surface area contributed by atoms with Crippen molar-refractivity contribution in [1.29, 1.82) is 0 Å². The largest absolute Gasteiger partial charge is 0.350 e. The number of hydrogen-bond acceptors (Lipinski definition) is 6. The first kappa shape index (κ1) is 15.4.